The van der Waals surface area contributed by atoms with Crippen molar-refractivity contribution in [3.8, 4) is 0 Å². The smallest absolute Gasteiger partial charge is 0.462 e. The van der Waals surface area contributed by atoms with Gasteiger partial charge in [-0.15, -0.1) is 0 Å². The molecule has 0 aliphatic rings. The zero-order valence-corrected chi connectivity index (χ0v) is 14.7. The van der Waals surface area contributed by atoms with E-state index in [2.05, 4.69) is 6.58 Å². The van der Waals surface area contributed by atoms with Crippen LogP contribution < -0.4 is 0 Å². The fraction of sp³-hybridized carbons (Fsp3) is 0.750. The third kappa shape index (κ3) is 8.32. The number of rotatable bonds is 12. The Labute approximate surface area is 119 Å². The lowest BCUT2D eigenvalue weighted by atomic mass is 10.5. The van der Waals surface area contributed by atoms with Crippen LogP contribution in [0.25, 0.3) is 0 Å². The maximum atomic E-state index is 10.9. The average Bonchev–Trinajstić information content (AvgIpc) is 2.39. The van der Waals surface area contributed by atoms with E-state index in [4.69, 9.17) is 18.0 Å². The standard InChI is InChI=1S/C12H26O5Si2/c1-5-12(13)14-10-9-11-18-19(15-6-2,16-7-3)17-8-4/h5H,1,6-11,18H2,2-4H3. The summed E-state index contributed by atoms with van der Waals surface area (Å²) in [5.41, 5.74) is 0. The summed E-state index contributed by atoms with van der Waals surface area (Å²) >= 11 is 0. The average molecular weight is 307 g/mol. The second kappa shape index (κ2) is 11.4. The molecule has 0 radical (unpaired) electrons. The maximum Gasteiger partial charge on any atom is 0.462 e. The molecular formula is C12H26O5Si2. The molecule has 0 fully saturated rings. The normalized spacial score (nSPS) is 11.9. The Balaban J connectivity index is 4.09. The summed E-state index contributed by atoms with van der Waals surface area (Å²) in [6, 6.07) is 0.983. The molecule has 0 aliphatic heterocycles. The third-order valence-corrected chi connectivity index (χ3v) is 10.8. The van der Waals surface area contributed by atoms with Gasteiger partial charge in [-0.25, -0.2) is 4.79 Å². The van der Waals surface area contributed by atoms with E-state index in [1.807, 2.05) is 20.8 Å². The molecule has 0 amide bonds. The second-order valence-electron chi connectivity index (χ2n) is 3.81. The van der Waals surface area contributed by atoms with Crippen LogP contribution in [0, 0.1) is 0 Å². The predicted octanol–water partition coefficient (Wildman–Crippen LogP) is 1.24. The van der Waals surface area contributed by atoms with Gasteiger partial charge in [0, 0.05) is 25.9 Å². The first kappa shape index (κ1) is 18.5. The minimum Gasteiger partial charge on any atom is -0.463 e. The van der Waals surface area contributed by atoms with Crippen LogP contribution in [0.1, 0.15) is 27.2 Å². The first-order valence-electron chi connectivity index (χ1n) is 6.85. The first-order valence-corrected chi connectivity index (χ1v) is 11.9. The number of hydrogen-bond donors (Lipinski definition) is 0. The number of carbonyl (C=O) groups excluding carboxylic acids is 1. The molecule has 112 valence electrons. The van der Waals surface area contributed by atoms with Gasteiger partial charge in [-0.1, -0.05) is 12.6 Å². The highest BCUT2D eigenvalue weighted by Gasteiger charge is 2.39. The van der Waals surface area contributed by atoms with Crippen molar-refractivity contribution in [3.63, 3.8) is 0 Å². The van der Waals surface area contributed by atoms with Gasteiger partial charge >= 0.3 is 14.3 Å². The highest BCUT2D eigenvalue weighted by atomic mass is 29.2. The maximum absolute atomic E-state index is 10.9. The van der Waals surface area contributed by atoms with Crippen molar-refractivity contribution in [3.05, 3.63) is 12.7 Å². The summed E-state index contributed by atoms with van der Waals surface area (Å²) in [4.78, 5) is 10.9. The highest BCUT2D eigenvalue weighted by molar-refractivity contribution is 7.14. The molecule has 0 bridgehead atoms. The minimum atomic E-state index is -2.40. The lowest BCUT2D eigenvalue weighted by Crippen LogP contribution is -2.52. The number of ether oxygens (including phenoxy) is 1. The van der Waals surface area contributed by atoms with Gasteiger partial charge in [0.2, 0.25) is 0 Å². The van der Waals surface area contributed by atoms with Crippen molar-refractivity contribution in [2.75, 3.05) is 26.4 Å². The summed E-state index contributed by atoms with van der Waals surface area (Å²) < 4.78 is 22.3. The van der Waals surface area contributed by atoms with E-state index in [0.29, 0.717) is 26.4 Å². The molecule has 0 aromatic rings. The molecule has 5 nitrogen and oxygen atoms in total. The van der Waals surface area contributed by atoms with E-state index < -0.39 is 17.4 Å². The van der Waals surface area contributed by atoms with Crippen molar-refractivity contribution in [1.29, 1.82) is 0 Å². The molecule has 0 saturated heterocycles. The van der Waals surface area contributed by atoms with Crippen molar-refractivity contribution >= 4 is 23.3 Å². The van der Waals surface area contributed by atoms with Gasteiger partial charge in [0.25, 0.3) is 0 Å². The van der Waals surface area contributed by atoms with Crippen LogP contribution in [0.5, 0.6) is 0 Å². The van der Waals surface area contributed by atoms with Gasteiger partial charge in [-0.05, 0) is 27.2 Å². The predicted molar refractivity (Wildman–Crippen MR) is 79.8 cm³/mol. The number of esters is 1. The zero-order chi connectivity index (χ0) is 14.6. The summed E-state index contributed by atoms with van der Waals surface area (Å²) in [5, 5.41) is 0. The van der Waals surface area contributed by atoms with Gasteiger partial charge in [-0.2, -0.15) is 0 Å². The van der Waals surface area contributed by atoms with Crippen LogP contribution in [-0.2, 0) is 22.8 Å². The Hall–Kier alpha value is -0.476. The Morgan fingerprint density at radius 3 is 2.11 bits per heavy atom. The second-order valence-corrected chi connectivity index (χ2v) is 11.3. The lowest BCUT2D eigenvalue weighted by molar-refractivity contribution is -0.137. The third-order valence-electron chi connectivity index (χ3n) is 2.38. The monoisotopic (exact) mass is 306 g/mol. The van der Waals surface area contributed by atoms with Crippen molar-refractivity contribution in [2.24, 2.45) is 0 Å². The fourth-order valence-electron chi connectivity index (χ4n) is 1.68. The molecule has 0 rings (SSSR count). The summed E-state index contributed by atoms with van der Waals surface area (Å²) in [6.45, 7) is 11.5. The Morgan fingerprint density at radius 1 is 1.16 bits per heavy atom. The number of hydrogen-bond acceptors (Lipinski definition) is 5. The van der Waals surface area contributed by atoms with E-state index in [-0.39, 0.29) is 5.97 Å². The van der Waals surface area contributed by atoms with Crippen LogP contribution in [0.4, 0.5) is 0 Å². The Kier molecular flexibility index (Phi) is 11.1. The van der Waals surface area contributed by atoms with Crippen LogP contribution in [0.3, 0.4) is 0 Å². The Bertz CT molecular complexity index is 243. The summed E-state index contributed by atoms with van der Waals surface area (Å²) in [5.74, 6) is -0.371. The van der Waals surface area contributed by atoms with Crippen LogP contribution in [-0.4, -0.2) is 49.8 Å². The van der Waals surface area contributed by atoms with Crippen LogP contribution in [0.2, 0.25) is 6.04 Å². The van der Waals surface area contributed by atoms with Crippen molar-refractivity contribution in [2.45, 2.75) is 33.2 Å². The van der Waals surface area contributed by atoms with Crippen molar-refractivity contribution in [1.82, 2.24) is 0 Å². The molecule has 0 spiro atoms. The number of carbonyl (C=O) groups is 1. The van der Waals surface area contributed by atoms with Gasteiger partial charge in [-0.3, -0.25) is 0 Å². The molecule has 0 aromatic heterocycles. The lowest BCUT2D eigenvalue weighted by Gasteiger charge is -2.28. The Morgan fingerprint density at radius 2 is 1.68 bits per heavy atom. The van der Waals surface area contributed by atoms with Crippen LogP contribution >= 0.6 is 0 Å². The molecule has 0 saturated carbocycles. The fourth-order valence-corrected chi connectivity index (χ4v) is 9.75. The highest BCUT2D eigenvalue weighted by Crippen LogP contribution is 2.11. The molecule has 0 aliphatic carbocycles. The SMILES string of the molecule is C=CC(=O)OCCC[SiH2][Si](OCC)(OCC)OCC. The van der Waals surface area contributed by atoms with E-state index in [9.17, 15) is 4.79 Å². The molecular weight excluding hydrogens is 280 g/mol. The zero-order valence-electron chi connectivity index (χ0n) is 12.3. The van der Waals surface area contributed by atoms with E-state index in [1.54, 1.807) is 0 Å². The van der Waals surface area contributed by atoms with Gasteiger partial charge in [0.15, 0.2) is 0 Å². The molecule has 0 atom stereocenters. The van der Waals surface area contributed by atoms with Crippen molar-refractivity contribution < 1.29 is 22.8 Å². The molecule has 0 aromatic carbocycles. The van der Waals surface area contributed by atoms with E-state index >= 15 is 0 Å². The molecule has 7 heteroatoms. The summed E-state index contributed by atoms with van der Waals surface area (Å²) in [6.07, 6.45) is 2.00. The quantitative estimate of drug-likeness (QED) is 0.235. The van der Waals surface area contributed by atoms with Gasteiger partial charge in [0.05, 0.1) is 6.61 Å². The molecule has 0 unspecified atom stereocenters. The first-order chi connectivity index (χ1) is 9.14. The molecule has 0 N–H and O–H groups in total. The molecule has 0 heterocycles. The van der Waals surface area contributed by atoms with Gasteiger partial charge in [0.1, 0.15) is 9.04 Å². The van der Waals surface area contributed by atoms with Crippen LogP contribution in [0.15, 0.2) is 12.7 Å². The van der Waals surface area contributed by atoms with E-state index in [1.165, 1.54) is 6.08 Å². The minimum absolute atomic E-state index is 0.371. The summed E-state index contributed by atoms with van der Waals surface area (Å²) in [7, 11) is -3.01. The topological polar surface area (TPSA) is 54.0 Å². The van der Waals surface area contributed by atoms with E-state index in [0.717, 1.165) is 12.5 Å². The molecule has 19 heavy (non-hydrogen) atoms. The largest absolute Gasteiger partial charge is 0.463 e. The van der Waals surface area contributed by atoms with Gasteiger partial charge < -0.3 is 18.0 Å².